The molecule has 3 aromatic rings. The number of carbonyl (C=O) groups is 1. The van der Waals surface area contributed by atoms with Gasteiger partial charge in [-0.1, -0.05) is 60.2 Å². The Labute approximate surface area is 157 Å². The number of hydrogen-bond donors (Lipinski definition) is 1. The maximum absolute atomic E-state index is 12.0. The lowest BCUT2D eigenvalue weighted by molar-refractivity contribution is -0.121. The zero-order valence-electron chi connectivity index (χ0n) is 14.6. The molecule has 0 unspecified atom stereocenters. The SMILES string of the molecule is Cc1ccc(CSCCNC(=O)Cn2nnc(-c3ccccc3)n2)cc1. The fourth-order valence-electron chi connectivity index (χ4n) is 2.33. The van der Waals surface area contributed by atoms with Crippen LogP contribution in [-0.4, -0.2) is 38.4 Å². The third-order valence-electron chi connectivity index (χ3n) is 3.73. The van der Waals surface area contributed by atoms with Crippen molar-refractivity contribution >= 4 is 17.7 Å². The number of aromatic nitrogens is 4. The Morgan fingerprint density at radius 2 is 1.88 bits per heavy atom. The molecule has 0 spiro atoms. The normalized spacial score (nSPS) is 10.7. The van der Waals surface area contributed by atoms with Gasteiger partial charge in [-0.3, -0.25) is 4.79 Å². The van der Waals surface area contributed by atoms with E-state index in [1.165, 1.54) is 15.9 Å². The summed E-state index contributed by atoms with van der Waals surface area (Å²) in [5, 5.41) is 15.0. The van der Waals surface area contributed by atoms with Gasteiger partial charge in [-0.15, -0.1) is 10.2 Å². The molecule has 7 heteroatoms. The zero-order valence-corrected chi connectivity index (χ0v) is 15.4. The minimum atomic E-state index is -0.113. The number of aryl methyl sites for hydroxylation is 1. The van der Waals surface area contributed by atoms with Crippen LogP contribution in [0.1, 0.15) is 11.1 Å². The predicted molar refractivity (Wildman–Crippen MR) is 104 cm³/mol. The van der Waals surface area contributed by atoms with Crippen molar-refractivity contribution in [3.63, 3.8) is 0 Å². The van der Waals surface area contributed by atoms with Gasteiger partial charge in [0, 0.05) is 23.6 Å². The monoisotopic (exact) mass is 367 g/mol. The van der Waals surface area contributed by atoms with Crippen molar-refractivity contribution < 1.29 is 4.79 Å². The first kappa shape index (κ1) is 18.1. The van der Waals surface area contributed by atoms with E-state index in [0.717, 1.165) is 17.1 Å². The van der Waals surface area contributed by atoms with E-state index >= 15 is 0 Å². The van der Waals surface area contributed by atoms with Gasteiger partial charge in [0.1, 0.15) is 6.54 Å². The van der Waals surface area contributed by atoms with Gasteiger partial charge < -0.3 is 5.32 Å². The molecule has 0 saturated heterocycles. The van der Waals surface area contributed by atoms with E-state index in [2.05, 4.69) is 51.9 Å². The number of nitrogens with one attached hydrogen (secondary N) is 1. The van der Waals surface area contributed by atoms with Gasteiger partial charge >= 0.3 is 0 Å². The number of tetrazole rings is 1. The smallest absolute Gasteiger partial charge is 0.243 e. The van der Waals surface area contributed by atoms with Gasteiger partial charge in [-0.2, -0.15) is 16.6 Å². The minimum Gasteiger partial charge on any atom is -0.354 e. The second-order valence-corrected chi connectivity index (χ2v) is 7.00. The molecule has 1 aromatic heterocycles. The van der Waals surface area contributed by atoms with E-state index in [1.807, 2.05) is 30.3 Å². The van der Waals surface area contributed by atoms with Gasteiger partial charge in [0.15, 0.2) is 0 Å². The van der Waals surface area contributed by atoms with E-state index in [-0.39, 0.29) is 12.5 Å². The maximum atomic E-state index is 12.0. The first-order chi connectivity index (χ1) is 12.7. The summed E-state index contributed by atoms with van der Waals surface area (Å²) in [6, 6.07) is 18.1. The summed E-state index contributed by atoms with van der Waals surface area (Å²) in [6.45, 7) is 2.78. The molecule has 3 rings (SSSR count). The van der Waals surface area contributed by atoms with Crippen LogP contribution < -0.4 is 5.32 Å². The van der Waals surface area contributed by atoms with Crippen molar-refractivity contribution in [2.45, 2.75) is 19.2 Å². The lowest BCUT2D eigenvalue weighted by Crippen LogP contribution is -2.30. The summed E-state index contributed by atoms with van der Waals surface area (Å²) in [5.41, 5.74) is 3.45. The standard InChI is InChI=1S/C19H21N5OS/c1-15-7-9-16(10-8-15)14-26-12-11-20-18(25)13-24-22-19(21-23-24)17-5-3-2-4-6-17/h2-10H,11-14H2,1H3,(H,20,25). The van der Waals surface area contributed by atoms with Crippen LogP contribution in [0.3, 0.4) is 0 Å². The Hall–Kier alpha value is -2.67. The first-order valence-corrected chi connectivity index (χ1v) is 9.59. The molecule has 6 nitrogen and oxygen atoms in total. The average molecular weight is 367 g/mol. The molecule has 0 fully saturated rings. The van der Waals surface area contributed by atoms with Crippen molar-refractivity contribution in [1.29, 1.82) is 0 Å². The predicted octanol–water partition coefficient (Wildman–Crippen LogP) is 2.70. The fourth-order valence-corrected chi connectivity index (χ4v) is 3.15. The third kappa shape index (κ3) is 5.42. The molecule has 1 amide bonds. The van der Waals surface area contributed by atoms with E-state index in [0.29, 0.717) is 12.4 Å². The molecule has 0 aliphatic rings. The highest BCUT2D eigenvalue weighted by Gasteiger charge is 2.08. The van der Waals surface area contributed by atoms with Crippen LogP contribution >= 0.6 is 11.8 Å². The molecule has 0 radical (unpaired) electrons. The van der Waals surface area contributed by atoms with Gasteiger partial charge in [0.2, 0.25) is 11.7 Å². The summed E-state index contributed by atoms with van der Waals surface area (Å²) in [4.78, 5) is 13.3. The number of hydrogen-bond acceptors (Lipinski definition) is 5. The van der Waals surface area contributed by atoms with Crippen LogP contribution in [0.4, 0.5) is 0 Å². The van der Waals surface area contributed by atoms with Crippen molar-refractivity contribution in [1.82, 2.24) is 25.5 Å². The third-order valence-corrected chi connectivity index (χ3v) is 4.76. The van der Waals surface area contributed by atoms with Crippen molar-refractivity contribution in [3.8, 4) is 11.4 Å². The molecule has 0 bridgehead atoms. The van der Waals surface area contributed by atoms with E-state index in [1.54, 1.807) is 11.8 Å². The molecule has 1 N–H and O–H groups in total. The van der Waals surface area contributed by atoms with E-state index in [4.69, 9.17) is 0 Å². The number of thioether (sulfide) groups is 1. The topological polar surface area (TPSA) is 72.7 Å². The zero-order chi connectivity index (χ0) is 18.2. The van der Waals surface area contributed by atoms with Gasteiger partial charge in [0.05, 0.1) is 0 Å². The summed E-state index contributed by atoms with van der Waals surface area (Å²) in [5.74, 6) is 2.21. The molecule has 0 atom stereocenters. The average Bonchev–Trinajstić information content (AvgIpc) is 3.12. The van der Waals surface area contributed by atoms with E-state index < -0.39 is 0 Å². The second-order valence-electron chi connectivity index (χ2n) is 5.90. The summed E-state index contributed by atoms with van der Waals surface area (Å²) >= 11 is 1.80. The number of carbonyl (C=O) groups excluding carboxylic acids is 1. The molecule has 0 saturated carbocycles. The van der Waals surface area contributed by atoms with Crippen LogP contribution in [0.25, 0.3) is 11.4 Å². The van der Waals surface area contributed by atoms with Crippen LogP contribution in [0.2, 0.25) is 0 Å². The lowest BCUT2D eigenvalue weighted by Gasteiger charge is -2.05. The number of amides is 1. The molecule has 26 heavy (non-hydrogen) atoms. The number of benzene rings is 2. The second kappa shape index (κ2) is 9.15. The summed E-state index contributed by atoms with van der Waals surface area (Å²) < 4.78 is 0. The van der Waals surface area contributed by atoms with Gasteiger partial charge in [-0.05, 0) is 17.7 Å². The fraction of sp³-hybridized carbons (Fsp3) is 0.263. The Bertz CT molecular complexity index is 833. The van der Waals surface area contributed by atoms with Crippen LogP contribution in [-0.2, 0) is 17.1 Å². The summed E-state index contributed by atoms with van der Waals surface area (Å²) in [6.07, 6.45) is 0. The minimum absolute atomic E-state index is 0.0719. The Balaban J connectivity index is 1.37. The molecular weight excluding hydrogens is 346 g/mol. The Kier molecular flexibility index (Phi) is 6.38. The number of rotatable bonds is 8. The quantitative estimate of drug-likeness (QED) is 0.620. The van der Waals surface area contributed by atoms with Crippen LogP contribution in [0.5, 0.6) is 0 Å². The van der Waals surface area contributed by atoms with Crippen molar-refractivity contribution in [2.24, 2.45) is 0 Å². The van der Waals surface area contributed by atoms with Crippen molar-refractivity contribution in [3.05, 3.63) is 65.7 Å². The largest absolute Gasteiger partial charge is 0.354 e. The molecule has 0 aliphatic heterocycles. The van der Waals surface area contributed by atoms with E-state index in [9.17, 15) is 4.79 Å². The Morgan fingerprint density at radius 1 is 1.12 bits per heavy atom. The van der Waals surface area contributed by atoms with Crippen molar-refractivity contribution in [2.75, 3.05) is 12.3 Å². The van der Waals surface area contributed by atoms with Gasteiger partial charge in [-0.25, -0.2) is 0 Å². The molecule has 1 heterocycles. The highest BCUT2D eigenvalue weighted by Crippen LogP contribution is 2.13. The molecule has 2 aromatic carbocycles. The molecular formula is C19H21N5OS. The molecule has 134 valence electrons. The summed E-state index contributed by atoms with van der Waals surface area (Å²) in [7, 11) is 0. The highest BCUT2D eigenvalue weighted by atomic mass is 32.2. The van der Waals surface area contributed by atoms with Gasteiger partial charge in [0.25, 0.3) is 0 Å². The number of nitrogens with zero attached hydrogens (tertiary/aromatic N) is 4. The maximum Gasteiger partial charge on any atom is 0.243 e. The Morgan fingerprint density at radius 3 is 2.65 bits per heavy atom. The lowest BCUT2D eigenvalue weighted by atomic mass is 10.2. The van der Waals surface area contributed by atoms with Crippen LogP contribution in [0.15, 0.2) is 54.6 Å². The molecule has 0 aliphatic carbocycles. The van der Waals surface area contributed by atoms with Crippen LogP contribution in [0, 0.1) is 6.92 Å². The highest BCUT2D eigenvalue weighted by molar-refractivity contribution is 7.98. The first-order valence-electron chi connectivity index (χ1n) is 8.44.